The minimum atomic E-state index is -1.02. The van der Waals surface area contributed by atoms with Crippen molar-refractivity contribution >= 4 is 35.2 Å². The number of aliphatic carboxylic acids is 1. The van der Waals surface area contributed by atoms with E-state index in [1.54, 1.807) is 26.0 Å². The van der Waals surface area contributed by atoms with Gasteiger partial charge >= 0.3 is 5.97 Å². The lowest BCUT2D eigenvalue weighted by Gasteiger charge is -2.22. The minimum Gasteiger partial charge on any atom is -0.480 e. The summed E-state index contributed by atoms with van der Waals surface area (Å²) < 4.78 is 0. The number of carbonyl (C=O) groups excluding carboxylic acids is 2. The van der Waals surface area contributed by atoms with Crippen LogP contribution in [0, 0.1) is 5.92 Å². The van der Waals surface area contributed by atoms with E-state index in [0.29, 0.717) is 12.1 Å². The number of carboxylic acids is 1. The maximum atomic E-state index is 12.2. The van der Waals surface area contributed by atoms with Crippen molar-refractivity contribution in [2.24, 2.45) is 5.92 Å². The van der Waals surface area contributed by atoms with Gasteiger partial charge in [-0.3, -0.25) is 9.59 Å². The Labute approximate surface area is 146 Å². The molecule has 0 fully saturated rings. The zero-order valence-corrected chi connectivity index (χ0v) is 15.1. The highest BCUT2D eigenvalue weighted by molar-refractivity contribution is 8.00. The Kier molecular flexibility index (Phi) is 7.78. The normalized spacial score (nSPS) is 14.3. The van der Waals surface area contributed by atoms with Gasteiger partial charge in [-0.25, -0.2) is 4.79 Å². The largest absolute Gasteiger partial charge is 0.480 e. The van der Waals surface area contributed by atoms with Crippen molar-refractivity contribution in [3.05, 3.63) is 24.3 Å². The fourth-order valence-corrected chi connectivity index (χ4v) is 2.91. The molecule has 6 nitrogen and oxygen atoms in total. The smallest absolute Gasteiger partial charge is 0.326 e. The summed E-state index contributed by atoms with van der Waals surface area (Å²) in [4.78, 5) is 35.4. The van der Waals surface area contributed by atoms with Gasteiger partial charge in [0.2, 0.25) is 11.8 Å². The second kappa shape index (κ2) is 9.32. The predicted octanol–water partition coefficient (Wildman–Crippen LogP) is 2.74. The number of thioether (sulfide) groups is 1. The van der Waals surface area contributed by atoms with Crippen LogP contribution in [0.2, 0.25) is 0 Å². The van der Waals surface area contributed by atoms with Crippen molar-refractivity contribution < 1.29 is 19.5 Å². The molecule has 0 radical (unpaired) electrons. The van der Waals surface area contributed by atoms with Crippen molar-refractivity contribution in [2.45, 2.75) is 50.3 Å². The molecule has 0 aromatic heterocycles. The van der Waals surface area contributed by atoms with Gasteiger partial charge < -0.3 is 15.7 Å². The summed E-state index contributed by atoms with van der Waals surface area (Å²) in [5.41, 5.74) is 0.687. The lowest BCUT2D eigenvalue weighted by Crippen LogP contribution is -2.47. The van der Waals surface area contributed by atoms with Crippen LogP contribution in [-0.2, 0) is 14.4 Å². The van der Waals surface area contributed by atoms with E-state index >= 15 is 0 Å². The first kappa shape index (κ1) is 20.0. The molecule has 0 aliphatic heterocycles. The van der Waals surface area contributed by atoms with Gasteiger partial charge in [-0.1, -0.05) is 20.3 Å². The number of carbonyl (C=O) groups is 3. The van der Waals surface area contributed by atoms with Crippen LogP contribution in [0.5, 0.6) is 0 Å². The summed E-state index contributed by atoms with van der Waals surface area (Å²) in [6.07, 6.45) is 0.670. The molecule has 24 heavy (non-hydrogen) atoms. The number of rotatable bonds is 8. The standard InChI is InChI=1S/C17H24N2O4S/c1-5-10(2)15(17(22)23)19-16(21)11(3)24-14-8-6-13(7-9-14)18-12(4)20/h6-11,15H,5H2,1-4H3,(H,18,20)(H,19,21)(H,22,23)/t10-,11?,15-/m0/s1. The predicted molar refractivity (Wildman–Crippen MR) is 95.1 cm³/mol. The summed E-state index contributed by atoms with van der Waals surface area (Å²) in [6.45, 7) is 6.86. The van der Waals surface area contributed by atoms with Gasteiger partial charge in [-0.2, -0.15) is 0 Å². The van der Waals surface area contributed by atoms with Crippen LogP contribution in [0.1, 0.15) is 34.1 Å². The van der Waals surface area contributed by atoms with Gasteiger partial charge in [0, 0.05) is 17.5 Å². The number of hydrogen-bond acceptors (Lipinski definition) is 4. The van der Waals surface area contributed by atoms with Gasteiger partial charge in [0.1, 0.15) is 6.04 Å². The van der Waals surface area contributed by atoms with Crippen LogP contribution in [0.4, 0.5) is 5.69 Å². The van der Waals surface area contributed by atoms with E-state index in [-0.39, 0.29) is 17.7 Å². The van der Waals surface area contributed by atoms with Crippen LogP contribution in [0.15, 0.2) is 29.2 Å². The van der Waals surface area contributed by atoms with E-state index in [4.69, 9.17) is 0 Å². The summed E-state index contributed by atoms with van der Waals surface area (Å²) in [6, 6.07) is 6.25. The third-order valence-electron chi connectivity index (χ3n) is 3.63. The first-order chi connectivity index (χ1) is 11.2. The molecule has 1 aromatic rings. The average molecular weight is 352 g/mol. The number of benzene rings is 1. The first-order valence-corrected chi connectivity index (χ1v) is 8.70. The van der Waals surface area contributed by atoms with Crippen LogP contribution in [0.3, 0.4) is 0 Å². The topological polar surface area (TPSA) is 95.5 Å². The molecule has 0 spiro atoms. The fourth-order valence-electron chi connectivity index (χ4n) is 2.03. The zero-order chi connectivity index (χ0) is 18.3. The van der Waals surface area contributed by atoms with Crippen molar-refractivity contribution in [2.75, 3.05) is 5.32 Å². The summed E-state index contributed by atoms with van der Waals surface area (Å²) in [7, 11) is 0. The van der Waals surface area contributed by atoms with Crippen molar-refractivity contribution in [3.8, 4) is 0 Å². The SMILES string of the molecule is CC[C@H](C)[C@H](NC(=O)C(C)Sc1ccc(NC(C)=O)cc1)C(=O)O. The molecule has 3 atom stereocenters. The van der Waals surface area contributed by atoms with Gasteiger partial charge in [0.15, 0.2) is 0 Å². The highest BCUT2D eigenvalue weighted by Gasteiger charge is 2.27. The van der Waals surface area contributed by atoms with Gasteiger partial charge in [-0.15, -0.1) is 11.8 Å². The lowest BCUT2D eigenvalue weighted by molar-refractivity contribution is -0.143. The average Bonchev–Trinajstić information content (AvgIpc) is 2.52. The number of carboxylic acid groups (broad SMARTS) is 1. The second-order valence-electron chi connectivity index (χ2n) is 5.68. The molecule has 2 amide bonds. The van der Waals surface area contributed by atoms with E-state index in [0.717, 1.165) is 4.90 Å². The summed E-state index contributed by atoms with van der Waals surface area (Å²) in [5.74, 6) is -1.61. The van der Waals surface area contributed by atoms with E-state index in [9.17, 15) is 19.5 Å². The number of anilines is 1. The number of nitrogens with one attached hydrogen (secondary N) is 2. The molecule has 1 aromatic carbocycles. The van der Waals surface area contributed by atoms with Crippen LogP contribution >= 0.6 is 11.8 Å². The molecule has 1 unspecified atom stereocenters. The molecule has 0 aliphatic rings. The molecule has 0 bridgehead atoms. The maximum Gasteiger partial charge on any atom is 0.326 e. The van der Waals surface area contributed by atoms with Crippen LogP contribution in [0.25, 0.3) is 0 Å². The van der Waals surface area contributed by atoms with E-state index < -0.39 is 17.3 Å². The fraction of sp³-hybridized carbons (Fsp3) is 0.471. The zero-order valence-electron chi connectivity index (χ0n) is 14.3. The molecular weight excluding hydrogens is 328 g/mol. The maximum absolute atomic E-state index is 12.2. The van der Waals surface area contributed by atoms with E-state index in [1.165, 1.54) is 18.7 Å². The molecule has 0 heterocycles. The minimum absolute atomic E-state index is 0.138. The first-order valence-electron chi connectivity index (χ1n) is 7.82. The quantitative estimate of drug-likeness (QED) is 0.625. The monoisotopic (exact) mass is 352 g/mol. The molecule has 3 N–H and O–H groups in total. The second-order valence-corrected chi connectivity index (χ2v) is 7.09. The Morgan fingerprint density at radius 1 is 1.17 bits per heavy atom. The molecule has 0 saturated carbocycles. The lowest BCUT2D eigenvalue weighted by atomic mass is 9.99. The van der Waals surface area contributed by atoms with Gasteiger partial charge in [0.05, 0.1) is 5.25 Å². The Morgan fingerprint density at radius 3 is 2.21 bits per heavy atom. The van der Waals surface area contributed by atoms with Gasteiger partial charge in [-0.05, 0) is 37.1 Å². The molecule has 0 saturated heterocycles. The molecule has 7 heteroatoms. The highest BCUT2D eigenvalue weighted by atomic mass is 32.2. The van der Waals surface area contributed by atoms with Gasteiger partial charge in [0.25, 0.3) is 0 Å². The molecule has 1 rings (SSSR count). The molecule has 132 valence electrons. The number of hydrogen-bond donors (Lipinski definition) is 3. The summed E-state index contributed by atoms with van der Waals surface area (Å²) in [5, 5.41) is 14.1. The van der Waals surface area contributed by atoms with E-state index in [2.05, 4.69) is 10.6 Å². The van der Waals surface area contributed by atoms with Crippen LogP contribution in [-0.4, -0.2) is 34.2 Å². The third kappa shape index (κ3) is 6.23. The van der Waals surface area contributed by atoms with E-state index in [1.807, 2.05) is 19.1 Å². The Balaban J connectivity index is 2.66. The van der Waals surface area contributed by atoms with Crippen molar-refractivity contribution in [3.63, 3.8) is 0 Å². The summed E-state index contributed by atoms with van der Waals surface area (Å²) >= 11 is 1.33. The Hall–Kier alpha value is -2.02. The van der Waals surface area contributed by atoms with Crippen LogP contribution < -0.4 is 10.6 Å². The van der Waals surface area contributed by atoms with Crippen molar-refractivity contribution in [1.82, 2.24) is 5.32 Å². The molecular formula is C17H24N2O4S. The third-order valence-corrected chi connectivity index (χ3v) is 4.75. The Bertz CT molecular complexity index is 589. The Morgan fingerprint density at radius 2 is 1.75 bits per heavy atom. The highest BCUT2D eigenvalue weighted by Crippen LogP contribution is 2.25. The number of amides is 2. The molecule has 0 aliphatic carbocycles. The van der Waals surface area contributed by atoms with Crippen molar-refractivity contribution in [1.29, 1.82) is 0 Å².